The Labute approximate surface area is 175 Å². The monoisotopic (exact) mass is 398 g/mol. The van der Waals surface area contributed by atoms with Crippen molar-refractivity contribution in [2.75, 3.05) is 0 Å². The second-order valence-electron chi connectivity index (χ2n) is 6.81. The van der Waals surface area contributed by atoms with Crippen LogP contribution in [0.5, 0.6) is 5.75 Å². The van der Waals surface area contributed by atoms with Crippen LogP contribution in [-0.4, -0.2) is 20.7 Å². The number of nitrogens with zero attached hydrogens (tertiary/aromatic N) is 3. The summed E-state index contributed by atoms with van der Waals surface area (Å²) >= 11 is 0. The highest BCUT2D eigenvalue weighted by Gasteiger charge is 2.22. The van der Waals surface area contributed by atoms with Crippen LogP contribution in [0.3, 0.4) is 0 Å². The molecule has 2 heterocycles. The predicted molar refractivity (Wildman–Crippen MR) is 114 cm³/mol. The summed E-state index contributed by atoms with van der Waals surface area (Å²) in [6.07, 6.45) is 6.99. The summed E-state index contributed by atoms with van der Waals surface area (Å²) in [4.78, 5) is 17.0. The number of aromatic nitrogens is 3. The molecule has 1 N–H and O–H groups in total. The smallest absolute Gasteiger partial charge is 0.249 e. The second kappa shape index (κ2) is 9.52. The molecular formula is C24H22N4O2. The molecule has 0 aliphatic rings. The summed E-state index contributed by atoms with van der Waals surface area (Å²) < 4.78 is 7.45. The van der Waals surface area contributed by atoms with Crippen molar-refractivity contribution in [3.05, 3.63) is 114 Å². The lowest BCUT2D eigenvalue weighted by atomic mass is 10.1. The van der Waals surface area contributed by atoms with E-state index in [4.69, 9.17) is 4.74 Å². The van der Waals surface area contributed by atoms with E-state index in [1.165, 1.54) is 0 Å². The van der Waals surface area contributed by atoms with E-state index in [1.807, 2.05) is 72.8 Å². The first-order chi connectivity index (χ1) is 14.8. The quantitative estimate of drug-likeness (QED) is 0.491. The van der Waals surface area contributed by atoms with Gasteiger partial charge in [0.1, 0.15) is 12.4 Å². The standard InChI is InChI=1S/C24H22N4O2/c29-24(23(28-15-5-14-27-28)21-7-2-1-3-8-21)26-17-19-9-11-22(12-10-19)30-18-20-6-4-13-25-16-20/h1-16,23H,17-18H2,(H,26,29). The molecule has 1 amide bonds. The van der Waals surface area contributed by atoms with Gasteiger partial charge in [0.15, 0.2) is 6.04 Å². The second-order valence-corrected chi connectivity index (χ2v) is 6.81. The molecule has 1 unspecified atom stereocenters. The minimum absolute atomic E-state index is 0.109. The van der Waals surface area contributed by atoms with Crippen molar-refractivity contribution >= 4 is 5.91 Å². The maximum atomic E-state index is 12.9. The Hall–Kier alpha value is -3.93. The van der Waals surface area contributed by atoms with E-state index in [0.717, 1.165) is 22.4 Å². The van der Waals surface area contributed by atoms with Gasteiger partial charge in [-0.15, -0.1) is 0 Å². The molecule has 0 saturated heterocycles. The molecule has 0 fully saturated rings. The molecule has 0 saturated carbocycles. The molecule has 4 rings (SSSR count). The third-order valence-corrected chi connectivity index (χ3v) is 4.67. The molecular weight excluding hydrogens is 376 g/mol. The molecule has 2 aromatic heterocycles. The van der Waals surface area contributed by atoms with Crippen LogP contribution in [0.25, 0.3) is 0 Å². The Morgan fingerprint density at radius 2 is 1.77 bits per heavy atom. The van der Waals surface area contributed by atoms with Gasteiger partial charge in [-0.05, 0) is 35.4 Å². The third kappa shape index (κ3) is 4.91. The van der Waals surface area contributed by atoms with E-state index in [9.17, 15) is 4.79 Å². The van der Waals surface area contributed by atoms with Crippen LogP contribution >= 0.6 is 0 Å². The highest BCUT2D eigenvalue weighted by atomic mass is 16.5. The first kappa shape index (κ1) is 19.4. The van der Waals surface area contributed by atoms with Crippen molar-refractivity contribution in [3.63, 3.8) is 0 Å². The average molecular weight is 398 g/mol. The van der Waals surface area contributed by atoms with Crippen LogP contribution in [-0.2, 0) is 17.9 Å². The Morgan fingerprint density at radius 1 is 0.933 bits per heavy atom. The highest BCUT2D eigenvalue weighted by molar-refractivity contribution is 5.83. The Bertz CT molecular complexity index is 1050. The van der Waals surface area contributed by atoms with Gasteiger partial charge >= 0.3 is 0 Å². The number of hydrogen-bond donors (Lipinski definition) is 1. The van der Waals surface area contributed by atoms with Crippen LogP contribution in [0.1, 0.15) is 22.7 Å². The number of nitrogens with one attached hydrogen (secondary N) is 1. The van der Waals surface area contributed by atoms with E-state index in [2.05, 4.69) is 15.4 Å². The zero-order chi connectivity index (χ0) is 20.6. The minimum atomic E-state index is -0.511. The van der Waals surface area contributed by atoms with Crippen molar-refractivity contribution in [1.29, 1.82) is 0 Å². The predicted octanol–water partition coefficient (Wildman–Crippen LogP) is 3.76. The first-order valence-corrected chi connectivity index (χ1v) is 9.72. The molecule has 6 nitrogen and oxygen atoms in total. The molecule has 6 heteroatoms. The third-order valence-electron chi connectivity index (χ3n) is 4.67. The maximum Gasteiger partial charge on any atom is 0.249 e. The molecule has 0 radical (unpaired) electrons. The van der Waals surface area contributed by atoms with Crippen LogP contribution in [0, 0.1) is 0 Å². The van der Waals surface area contributed by atoms with Crippen molar-refractivity contribution < 1.29 is 9.53 Å². The van der Waals surface area contributed by atoms with Gasteiger partial charge in [0, 0.05) is 36.9 Å². The van der Waals surface area contributed by atoms with Crippen molar-refractivity contribution in [3.8, 4) is 5.75 Å². The van der Waals surface area contributed by atoms with Gasteiger partial charge in [-0.25, -0.2) is 0 Å². The lowest BCUT2D eigenvalue weighted by molar-refractivity contribution is -0.123. The SMILES string of the molecule is O=C(NCc1ccc(OCc2cccnc2)cc1)C(c1ccccc1)n1cccn1. The zero-order valence-electron chi connectivity index (χ0n) is 16.4. The summed E-state index contributed by atoms with van der Waals surface area (Å²) in [7, 11) is 0. The molecule has 1 atom stereocenters. The molecule has 2 aromatic carbocycles. The van der Waals surface area contributed by atoms with Crippen LogP contribution in [0.2, 0.25) is 0 Å². The average Bonchev–Trinajstić information content (AvgIpc) is 3.33. The van der Waals surface area contributed by atoms with Gasteiger partial charge < -0.3 is 10.1 Å². The van der Waals surface area contributed by atoms with E-state index in [-0.39, 0.29) is 5.91 Å². The molecule has 30 heavy (non-hydrogen) atoms. The van der Waals surface area contributed by atoms with Gasteiger partial charge in [-0.3, -0.25) is 14.5 Å². The molecule has 150 valence electrons. The van der Waals surface area contributed by atoms with Gasteiger partial charge in [0.2, 0.25) is 5.91 Å². The summed E-state index contributed by atoms with van der Waals surface area (Å²) in [6, 6.07) is 22.5. The maximum absolute atomic E-state index is 12.9. The summed E-state index contributed by atoms with van der Waals surface area (Å²) in [5, 5.41) is 7.28. The number of carbonyl (C=O) groups is 1. The fraction of sp³-hybridized carbons (Fsp3) is 0.125. The van der Waals surface area contributed by atoms with E-state index in [0.29, 0.717) is 13.2 Å². The lowest BCUT2D eigenvalue weighted by Gasteiger charge is -2.18. The first-order valence-electron chi connectivity index (χ1n) is 9.72. The highest BCUT2D eigenvalue weighted by Crippen LogP contribution is 2.18. The molecule has 0 spiro atoms. The fourth-order valence-electron chi connectivity index (χ4n) is 3.13. The molecule has 0 aliphatic heterocycles. The summed E-state index contributed by atoms with van der Waals surface area (Å²) in [6.45, 7) is 0.888. The van der Waals surface area contributed by atoms with Crippen LogP contribution in [0.15, 0.2) is 97.6 Å². The van der Waals surface area contributed by atoms with Gasteiger partial charge in [0.25, 0.3) is 0 Å². The normalized spacial score (nSPS) is 11.6. The van der Waals surface area contributed by atoms with E-state index in [1.54, 1.807) is 29.5 Å². The number of hydrogen-bond acceptors (Lipinski definition) is 4. The molecule has 0 bridgehead atoms. The Morgan fingerprint density at radius 3 is 2.47 bits per heavy atom. The number of ether oxygens (including phenoxy) is 1. The van der Waals surface area contributed by atoms with E-state index < -0.39 is 6.04 Å². The molecule has 4 aromatic rings. The van der Waals surface area contributed by atoms with Gasteiger partial charge in [0.05, 0.1) is 0 Å². The van der Waals surface area contributed by atoms with Crippen molar-refractivity contribution in [1.82, 2.24) is 20.1 Å². The van der Waals surface area contributed by atoms with E-state index >= 15 is 0 Å². The minimum Gasteiger partial charge on any atom is -0.489 e. The topological polar surface area (TPSA) is 69.0 Å². The summed E-state index contributed by atoms with van der Waals surface area (Å²) in [5.41, 5.74) is 2.89. The number of rotatable bonds is 8. The van der Waals surface area contributed by atoms with Gasteiger partial charge in [-0.1, -0.05) is 48.5 Å². The Balaban J connectivity index is 1.36. The molecule has 0 aliphatic carbocycles. The van der Waals surface area contributed by atoms with Crippen LogP contribution < -0.4 is 10.1 Å². The van der Waals surface area contributed by atoms with Crippen molar-refractivity contribution in [2.24, 2.45) is 0 Å². The largest absolute Gasteiger partial charge is 0.489 e. The zero-order valence-corrected chi connectivity index (χ0v) is 16.4. The van der Waals surface area contributed by atoms with Crippen LogP contribution in [0.4, 0.5) is 0 Å². The number of pyridine rings is 1. The van der Waals surface area contributed by atoms with Crippen molar-refractivity contribution in [2.45, 2.75) is 19.2 Å². The fourth-order valence-corrected chi connectivity index (χ4v) is 3.13. The number of carbonyl (C=O) groups excluding carboxylic acids is 1. The number of amides is 1. The number of benzene rings is 2. The summed E-state index contributed by atoms with van der Waals surface area (Å²) in [5.74, 6) is 0.662. The lowest BCUT2D eigenvalue weighted by Crippen LogP contribution is -2.33. The van der Waals surface area contributed by atoms with Gasteiger partial charge in [-0.2, -0.15) is 5.10 Å². The Kier molecular flexibility index (Phi) is 6.15.